The molecule has 2 aromatic carbocycles. The smallest absolute Gasteiger partial charge is 0.240 e. The Bertz CT molecular complexity index is 965. The average Bonchev–Trinajstić information content (AvgIpc) is 2.67. The molecule has 0 aliphatic rings. The van der Waals surface area contributed by atoms with Gasteiger partial charge in [-0.1, -0.05) is 62.7 Å². The van der Waals surface area contributed by atoms with Gasteiger partial charge in [-0.05, 0) is 47.8 Å². The number of hydrogen-bond acceptors (Lipinski definition) is 4. The van der Waals surface area contributed by atoms with Crippen LogP contribution in [0.3, 0.4) is 0 Å². The molecule has 2 aromatic rings. The molecule has 0 spiro atoms. The number of thioether (sulfide) groups is 1. The van der Waals surface area contributed by atoms with Crippen LogP contribution in [0.15, 0.2) is 48.5 Å². The van der Waals surface area contributed by atoms with Crippen LogP contribution in [0.2, 0.25) is 0 Å². The molecule has 0 saturated carbocycles. The van der Waals surface area contributed by atoms with Crippen LogP contribution in [-0.2, 0) is 26.0 Å². The fourth-order valence-corrected chi connectivity index (χ4v) is 4.87. The molecule has 1 amide bonds. The maximum atomic E-state index is 12.4. The molecule has 2 rings (SSSR count). The van der Waals surface area contributed by atoms with Gasteiger partial charge >= 0.3 is 0 Å². The highest BCUT2D eigenvalue weighted by Crippen LogP contribution is 2.25. The highest BCUT2D eigenvalue weighted by molar-refractivity contribution is 7.98. The Kier molecular flexibility index (Phi) is 9.01. The van der Waals surface area contributed by atoms with E-state index in [2.05, 4.69) is 57.3 Å². The Hall–Kier alpha value is -1.99. The summed E-state index contributed by atoms with van der Waals surface area (Å²) in [5.41, 5.74) is 4.14. The molecule has 0 radical (unpaired) electrons. The molecule has 0 aliphatic heterocycles. The summed E-state index contributed by atoms with van der Waals surface area (Å²) in [6.45, 7) is 8.70. The molecule has 31 heavy (non-hydrogen) atoms. The molecule has 0 unspecified atom stereocenters. The van der Waals surface area contributed by atoms with Gasteiger partial charge in [0.1, 0.15) is 6.54 Å². The topological polar surface area (TPSA) is 66.5 Å². The first-order valence-corrected chi connectivity index (χ1v) is 13.5. The Morgan fingerprint density at radius 1 is 1.10 bits per heavy atom. The summed E-state index contributed by atoms with van der Waals surface area (Å²) in [4.78, 5) is 12.4. The van der Waals surface area contributed by atoms with Gasteiger partial charge in [0.15, 0.2) is 0 Å². The lowest BCUT2D eigenvalue weighted by atomic mass is 9.87. The van der Waals surface area contributed by atoms with Gasteiger partial charge in [-0.2, -0.15) is 11.8 Å². The van der Waals surface area contributed by atoms with Crippen LogP contribution in [0.25, 0.3) is 0 Å². The van der Waals surface area contributed by atoms with Crippen molar-refractivity contribution in [2.24, 2.45) is 0 Å². The summed E-state index contributed by atoms with van der Waals surface area (Å²) in [5.74, 6) is 1.58. The Morgan fingerprint density at radius 3 is 2.35 bits per heavy atom. The van der Waals surface area contributed by atoms with Crippen molar-refractivity contribution in [1.82, 2.24) is 5.32 Å². The Labute approximate surface area is 191 Å². The molecule has 0 aromatic heterocycles. The number of aryl methyl sites for hydroxylation is 1. The number of carbonyl (C=O) groups is 1. The number of carbonyl (C=O) groups excluding carboxylic acids is 1. The van der Waals surface area contributed by atoms with Crippen molar-refractivity contribution in [3.8, 4) is 0 Å². The number of rotatable bonds is 10. The van der Waals surface area contributed by atoms with Gasteiger partial charge in [-0.3, -0.25) is 9.10 Å². The van der Waals surface area contributed by atoms with E-state index in [0.29, 0.717) is 12.2 Å². The van der Waals surface area contributed by atoms with Crippen molar-refractivity contribution in [3.63, 3.8) is 0 Å². The number of benzene rings is 2. The minimum absolute atomic E-state index is 0.0246. The highest BCUT2D eigenvalue weighted by atomic mass is 32.2. The van der Waals surface area contributed by atoms with E-state index >= 15 is 0 Å². The summed E-state index contributed by atoms with van der Waals surface area (Å²) in [6.07, 6.45) is 1.96. The molecule has 0 heterocycles. The normalized spacial score (nSPS) is 11.9. The van der Waals surface area contributed by atoms with E-state index < -0.39 is 10.0 Å². The lowest BCUT2D eigenvalue weighted by Crippen LogP contribution is -2.40. The van der Waals surface area contributed by atoms with Gasteiger partial charge in [0, 0.05) is 12.3 Å². The van der Waals surface area contributed by atoms with Gasteiger partial charge in [0.05, 0.1) is 11.9 Å². The fourth-order valence-electron chi connectivity index (χ4n) is 3.11. The first-order chi connectivity index (χ1) is 14.5. The second-order valence-corrected chi connectivity index (χ2v) is 11.8. The number of nitrogens with zero attached hydrogens (tertiary/aromatic N) is 1. The molecule has 0 aliphatic carbocycles. The molecular formula is C24H34N2O3S2. The summed E-state index contributed by atoms with van der Waals surface area (Å²) >= 11 is 1.83. The predicted octanol–water partition coefficient (Wildman–Crippen LogP) is 4.50. The zero-order chi connectivity index (χ0) is 23.1. The van der Waals surface area contributed by atoms with Gasteiger partial charge < -0.3 is 5.32 Å². The van der Waals surface area contributed by atoms with Crippen LogP contribution in [-0.4, -0.2) is 39.4 Å². The number of hydrogen-bond donors (Lipinski definition) is 1. The summed E-state index contributed by atoms with van der Waals surface area (Å²) in [6, 6.07) is 15.8. The molecule has 0 saturated heterocycles. The van der Waals surface area contributed by atoms with Gasteiger partial charge in [-0.15, -0.1) is 0 Å². The van der Waals surface area contributed by atoms with Crippen molar-refractivity contribution in [2.75, 3.05) is 29.4 Å². The fraction of sp³-hybridized carbons (Fsp3) is 0.458. The zero-order valence-electron chi connectivity index (χ0n) is 19.1. The largest absolute Gasteiger partial charge is 0.354 e. The molecule has 0 bridgehead atoms. The van der Waals surface area contributed by atoms with E-state index in [1.165, 1.54) is 11.1 Å². The van der Waals surface area contributed by atoms with Crippen LogP contribution in [0.5, 0.6) is 0 Å². The molecule has 5 nitrogen and oxygen atoms in total. The molecule has 0 atom stereocenters. The van der Waals surface area contributed by atoms with Crippen LogP contribution in [0, 0.1) is 6.92 Å². The third kappa shape index (κ3) is 8.57. The number of nitrogens with one attached hydrogen (secondary N) is 1. The number of sulfonamides is 1. The predicted molar refractivity (Wildman–Crippen MR) is 132 cm³/mol. The quantitative estimate of drug-likeness (QED) is 0.528. The van der Waals surface area contributed by atoms with Crippen LogP contribution in [0.4, 0.5) is 5.69 Å². The van der Waals surface area contributed by atoms with E-state index in [4.69, 9.17) is 0 Å². The second kappa shape index (κ2) is 11.0. The van der Waals surface area contributed by atoms with Gasteiger partial charge in [0.25, 0.3) is 0 Å². The van der Waals surface area contributed by atoms with Crippen molar-refractivity contribution in [2.45, 2.75) is 45.3 Å². The maximum Gasteiger partial charge on any atom is 0.240 e. The van der Waals surface area contributed by atoms with Gasteiger partial charge in [0.2, 0.25) is 15.9 Å². The van der Waals surface area contributed by atoms with Crippen molar-refractivity contribution in [1.29, 1.82) is 0 Å². The van der Waals surface area contributed by atoms with E-state index in [1.54, 1.807) is 12.1 Å². The number of anilines is 1. The van der Waals surface area contributed by atoms with Crippen LogP contribution in [0.1, 0.15) is 43.9 Å². The van der Waals surface area contributed by atoms with Crippen molar-refractivity contribution < 1.29 is 13.2 Å². The summed E-state index contributed by atoms with van der Waals surface area (Å²) in [7, 11) is -3.57. The third-order valence-electron chi connectivity index (χ3n) is 4.85. The molecule has 0 fully saturated rings. The van der Waals surface area contributed by atoms with Crippen molar-refractivity contribution in [3.05, 3.63) is 65.2 Å². The SMILES string of the molecule is Cc1cccc(CSCCCNC(=O)CN(c2ccc(C(C)(C)C)cc2)S(C)(=O)=O)c1. The first kappa shape index (κ1) is 25.3. The van der Waals surface area contributed by atoms with Crippen LogP contribution < -0.4 is 9.62 Å². The molecular weight excluding hydrogens is 428 g/mol. The third-order valence-corrected chi connectivity index (χ3v) is 7.10. The van der Waals surface area contributed by atoms with Crippen molar-refractivity contribution >= 4 is 33.4 Å². The van der Waals surface area contributed by atoms with E-state index in [1.807, 2.05) is 23.9 Å². The summed E-state index contributed by atoms with van der Waals surface area (Å²) in [5, 5.41) is 2.84. The van der Waals surface area contributed by atoms with E-state index in [9.17, 15) is 13.2 Å². The maximum absolute atomic E-state index is 12.4. The van der Waals surface area contributed by atoms with E-state index in [-0.39, 0.29) is 17.9 Å². The lowest BCUT2D eigenvalue weighted by molar-refractivity contribution is -0.119. The standard InChI is InChI=1S/C24H34N2O3S2/c1-19-8-6-9-20(16-19)18-30-15-7-14-25-23(27)17-26(31(5,28)29)22-12-10-21(11-13-22)24(2,3)4/h6,8-13,16H,7,14-15,17-18H2,1-5H3,(H,25,27). The van der Waals surface area contributed by atoms with Crippen LogP contribution >= 0.6 is 11.8 Å². The molecule has 7 heteroatoms. The number of amides is 1. The highest BCUT2D eigenvalue weighted by Gasteiger charge is 2.21. The summed E-state index contributed by atoms with van der Waals surface area (Å²) < 4.78 is 25.7. The molecule has 170 valence electrons. The Morgan fingerprint density at radius 2 is 1.77 bits per heavy atom. The average molecular weight is 463 g/mol. The lowest BCUT2D eigenvalue weighted by Gasteiger charge is -2.24. The first-order valence-electron chi connectivity index (χ1n) is 10.4. The van der Waals surface area contributed by atoms with Gasteiger partial charge in [-0.25, -0.2) is 8.42 Å². The zero-order valence-corrected chi connectivity index (χ0v) is 20.8. The monoisotopic (exact) mass is 462 g/mol. The van der Waals surface area contributed by atoms with E-state index in [0.717, 1.165) is 34.1 Å². The Balaban J connectivity index is 1.82. The second-order valence-electron chi connectivity index (χ2n) is 8.81. The minimum atomic E-state index is -3.57. The minimum Gasteiger partial charge on any atom is -0.354 e. The molecule has 1 N–H and O–H groups in total.